The minimum absolute atomic E-state index is 0.0124. The molecule has 0 bridgehead atoms. The lowest BCUT2D eigenvalue weighted by atomic mass is 9.97. The number of nitrogens with one attached hydrogen (secondary N) is 1. The van der Waals surface area contributed by atoms with Crippen molar-refractivity contribution >= 4 is 25.8 Å². The molecular weight excluding hydrogens is 528 g/mol. The number of carbonyl (C=O) groups excluding carboxylic acids is 1. The van der Waals surface area contributed by atoms with E-state index in [9.17, 15) is 26.7 Å². The third-order valence-electron chi connectivity index (χ3n) is 6.67. The molecule has 1 amide bonds. The van der Waals surface area contributed by atoms with Crippen molar-refractivity contribution in [3.63, 3.8) is 0 Å². The molecule has 1 heterocycles. The van der Waals surface area contributed by atoms with Gasteiger partial charge in [-0.3, -0.25) is 4.79 Å². The molecule has 210 valence electrons. The maximum Gasteiger partial charge on any atom is 0.243 e. The second kappa shape index (κ2) is 13.1. The second-order valence-corrected chi connectivity index (χ2v) is 14.4. The molecule has 0 saturated carbocycles. The number of carbonyl (C=O) groups is 1. The molecular formula is C27H38N2O7S2. The van der Waals surface area contributed by atoms with Gasteiger partial charge < -0.3 is 15.2 Å². The number of ether oxygens (including phenoxy) is 1. The Bertz CT molecular complexity index is 1250. The number of hydrogen-bond donors (Lipinski definition) is 2. The van der Waals surface area contributed by atoms with Crippen LogP contribution in [0.2, 0.25) is 0 Å². The maximum atomic E-state index is 13.5. The van der Waals surface area contributed by atoms with Crippen LogP contribution in [0.4, 0.5) is 0 Å². The van der Waals surface area contributed by atoms with Gasteiger partial charge in [0.1, 0.15) is 15.6 Å². The first-order valence-corrected chi connectivity index (χ1v) is 16.0. The summed E-state index contributed by atoms with van der Waals surface area (Å²) in [6.45, 7) is 3.74. The van der Waals surface area contributed by atoms with E-state index in [1.54, 1.807) is 12.1 Å². The normalized spacial score (nSPS) is 17.7. The van der Waals surface area contributed by atoms with Crippen LogP contribution in [0, 0.1) is 11.8 Å². The highest BCUT2D eigenvalue weighted by Crippen LogP contribution is 2.23. The first kappa shape index (κ1) is 30.1. The minimum Gasteiger partial charge on any atom is -0.497 e. The fraction of sp³-hybridized carbons (Fsp3) is 0.519. The quantitative estimate of drug-likeness (QED) is 0.403. The van der Waals surface area contributed by atoms with Gasteiger partial charge in [-0.05, 0) is 55.0 Å². The molecule has 9 nitrogen and oxygen atoms in total. The van der Waals surface area contributed by atoms with Crippen molar-refractivity contribution in [2.24, 2.45) is 11.8 Å². The zero-order valence-electron chi connectivity index (χ0n) is 22.1. The van der Waals surface area contributed by atoms with Crippen molar-refractivity contribution in [3.05, 3.63) is 60.2 Å². The number of benzene rings is 2. The van der Waals surface area contributed by atoms with E-state index in [-0.39, 0.29) is 60.6 Å². The molecule has 1 aliphatic heterocycles. The molecule has 2 aromatic rings. The molecule has 2 aromatic carbocycles. The summed E-state index contributed by atoms with van der Waals surface area (Å²) in [6.07, 6.45) is -0.462. The standard InChI is InChI=1S/C27H38N2O7S2/c1-20(2)18-29(38(34,35)24-11-9-23(36-3)10-12-24)19-26(30)25(17-21-7-5-4-6-8-21)28-27(31)22-13-15-37(32,33)16-14-22/h4-12,20,22,25-26,30H,13-19H2,1-3H3,(H,28,31). The van der Waals surface area contributed by atoms with Crippen LogP contribution >= 0.6 is 0 Å². The topological polar surface area (TPSA) is 130 Å². The molecule has 2 N–H and O–H groups in total. The number of sulfonamides is 1. The third-order valence-corrected chi connectivity index (χ3v) is 10.2. The number of sulfone groups is 1. The van der Waals surface area contributed by atoms with E-state index in [2.05, 4.69) is 5.32 Å². The molecule has 0 aromatic heterocycles. The Balaban J connectivity index is 1.83. The van der Waals surface area contributed by atoms with Crippen LogP contribution in [0.1, 0.15) is 32.3 Å². The Morgan fingerprint density at radius 1 is 1.05 bits per heavy atom. The van der Waals surface area contributed by atoms with Crippen LogP contribution in [-0.4, -0.2) is 76.0 Å². The highest BCUT2D eigenvalue weighted by atomic mass is 32.2. The van der Waals surface area contributed by atoms with E-state index in [0.717, 1.165) is 5.56 Å². The molecule has 11 heteroatoms. The lowest BCUT2D eigenvalue weighted by molar-refractivity contribution is -0.126. The van der Waals surface area contributed by atoms with Gasteiger partial charge in [-0.2, -0.15) is 4.31 Å². The van der Waals surface area contributed by atoms with Crippen molar-refractivity contribution in [2.45, 2.75) is 50.2 Å². The van der Waals surface area contributed by atoms with E-state index in [1.165, 1.54) is 23.5 Å². The average molecular weight is 567 g/mol. The molecule has 0 aliphatic carbocycles. The molecule has 3 rings (SSSR count). The Morgan fingerprint density at radius 2 is 1.66 bits per heavy atom. The van der Waals surface area contributed by atoms with E-state index < -0.39 is 37.9 Å². The van der Waals surface area contributed by atoms with Gasteiger partial charge >= 0.3 is 0 Å². The highest BCUT2D eigenvalue weighted by molar-refractivity contribution is 7.91. The molecule has 1 saturated heterocycles. The predicted molar refractivity (Wildman–Crippen MR) is 146 cm³/mol. The van der Waals surface area contributed by atoms with Gasteiger partial charge in [0, 0.05) is 19.0 Å². The Labute approximate surface area is 226 Å². The first-order chi connectivity index (χ1) is 17.9. The van der Waals surface area contributed by atoms with Gasteiger partial charge in [-0.25, -0.2) is 16.8 Å². The average Bonchev–Trinajstić information content (AvgIpc) is 2.88. The van der Waals surface area contributed by atoms with Crippen molar-refractivity contribution in [1.29, 1.82) is 0 Å². The highest BCUT2D eigenvalue weighted by Gasteiger charge is 2.34. The van der Waals surface area contributed by atoms with E-state index in [1.807, 2.05) is 44.2 Å². The molecule has 0 spiro atoms. The van der Waals surface area contributed by atoms with Crippen LogP contribution in [0.3, 0.4) is 0 Å². The van der Waals surface area contributed by atoms with Gasteiger partial charge in [-0.15, -0.1) is 0 Å². The zero-order valence-corrected chi connectivity index (χ0v) is 23.7. The van der Waals surface area contributed by atoms with Gasteiger partial charge in [-0.1, -0.05) is 44.2 Å². The van der Waals surface area contributed by atoms with E-state index in [0.29, 0.717) is 5.75 Å². The molecule has 38 heavy (non-hydrogen) atoms. The van der Waals surface area contributed by atoms with Crippen LogP contribution < -0.4 is 10.1 Å². The van der Waals surface area contributed by atoms with Gasteiger partial charge in [0.05, 0.1) is 35.7 Å². The fourth-order valence-electron chi connectivity index (χ4n) is 4.51. The summed E-state index contributed by atoms with van der Waals surface area (Å²) in [7, 11) is -5.58. The summed E-state index contributed by atoms with van der Waals surface area (Å²) in [6, 6.07) is 14.6. The van der Waals surface area contributed by atoms with Crippen molar-refractivity contribution < 1.29 is 31.5 Å². The van der Waals surface area contributed by atoms with Gasteiger partial charge in [0.2, 0.25) is 15.9 Å². The monoisotopic (exact) mass is 566 g/mol. The SMILES string of the molecule is COc1ccc(S(=O)(=O)N(CC(C)C)CC(O)C(Cc2ccccc2)NC(=O)C2CCS(=O)(=O)CC2)cc1. The lowest BCUT2D eigenvalue weighted by Crippen LogP contribution is -2.52. The maximum absolute atomic E-state index is 13.5. The van der Waals surface area contributed by atoms with Crippen LogP contribution in [0.5, 0.6) is 5.75 Å². The third kappa shape index (κ3) is 8.26. The Hall–Kier alpha value is -2.47. The Kier molecular flexibility index (Phi) is 10.3. The lowest BCUT2D eigenvalue weighted by Gasteiger charge is -2.32. The minimum atomic E-state index is -3.95. The molecule has 2 unspecified atom stereocenters. The number of rotatable bonds is 12. The van der Waals surface area contributed by atoms with Crippen molar-refractivity contribution in [1.82, 2.24) is 9.62 Å². The number of amides is 1. The number of hydrogen-bond acceptors (Lipinski definition) is 7. The van der Waals surface area contributed by atoms with Gasteiger partial charge in [0.25, 0.3) is 0 Å². The summed E-state index contributed by atoms with van der Waals surface area (Å²) in [5.41, 5.74) is 0.872. The molecule has 0 radical (unpaired) electrons. The van der Waals surface area contributed by atoms with Crippen molar-refractivity contribution in [2.75, 3.05) is 31.7 Å². The summed E-state index contributed by atoms with van der Waals surface area (Å²) in [5, 5.41) is 14.2. The van der Waals surface area contributed by atoms with Crippen LogP contribution in [0.15, 0.2) is 59.5 Å². The summed E-state index contributed by atoms with van der Waals surface area (Å²) >= 11 is 0. The fourth-order valence-corrected chi connectivity index (χ4v) is 7.63. The first-order valence-electron chi connectivity index (χ1n) is 12.8. The Morgan fingerprint density at radius 3 is 2.21 bits per heavy atom. The van der Waals surface area contributed by atoms with Gasteiger partial charge in [0.15, 0.2) is 0 Å². The van der Waals surface area contributed by atoms with E-state index in [4.69, 9.17) is 4.74 Å². The second-order valence-electron chi connectivity index (χ2n) is 10.2. The number of methoxy groups -OCH3 is 1. The summed E-state index contributed by atoms with van der Waals surface area (Å²) in [4.78, 5) is 13.2. The number of nitrogens with zero attached hydrogens (tertiary/aromatic N) is 1. The molecule has 1 aliphatic rings. The molecule has 1 fully saturated rings. The summed E-state index contributed by atoms with van der Waals surface area (Å²) in [5.74, 6) is -0.368. The number of aliphatic hydroxyl groups excluding tert-OH is 1. The smallest absolute Gasteiger partial charge is 0.243 e. The van der Waals surface area contributed by atoms with Crippen LogP contribution in [0.25, 0.3) is 0 Å². The van der Waals surface area contributed by atoms with Crippen molar-refractivity contribution in [3.8, 4) is 5.75 Å². The predicted octanol–water partition coefficient (Wildman–Crippen LogP) is 2.26. The largest absolute Gasteiger partial charge is 0.497 e. The van der Waals surface area contributed by atoms with E-state index >= 15 is 0 Å². The number of aliphatic hydroxyl groups is 1. The zero-order chi connectivity index (χ0) is 27.9. The van der Waals surface area contributed by atoms with Crippen LogP contribution in [-0.2, 0) is 31.1 Å². The summed E-state index contributed by atoms with van der Waals surface area (Å²) < 4.78 is 57.1. The molecule has 2 atom stereocenters.